The number of benzene rings is 3. The Hall–Kier alpha value is -4.03. The van der Waals surface area contributed by atoms with Crippen LogP contribution in [0.4, 0.5) is 4.39 Å². The molecule has 0 bridgehead atoms. The standard InChI is InChI=1S/C28H24FNO4/c1-3-4-7-19(2)21-12-10-20(11-13-21)17-33-23-15-14-22(26(29)16-23)18-34-30-27(31)24-8-5-6-9-25(24)28(30)32/h3-16H,17-18H2,1-2H3/b4-3-,19-7+. The molecule has 0 saturated carbocycles. The van der Waals surface area contributed by atoms with Crippen LogP contribution in [-0.2, 0) is 18.1 Å². The number of halogens is 1. The number of amides is 2. The molecule has 1 aliphatic heterocycles. The lowest BCUT2D eigenvalue weighted by atomic mass is 10.1. The highest BCUT2D eigenvalue weighted by Crippen LogP contribution is 2.25. The van der Waals surface area contributed by atoms with Crippen LogP contribution in [0.3, 0.4) is 0 Å². The summed E-state index contributed by atoms with van der Waals surface area (Å²) in [7, 11) is 0. The molecule has 3 aromatic carbocycles. The van der Waals surface area contributed by atoms with Crippen molar-refractivity contribution in [3.63, 3.8) is 0 Å². The SMILES string of the molecule is C/C=C\C=C(/C)c1ccc(COc2ccc(CON3C(=O)c4ccccc4C3=O)c(F)c2)cc1. The fourth-order valence-corrected chi connectivity index (χ4v) is 3.52. The van der Waals surface area contributed by atoms with E-state index < -0.39 is 17.6 Å². The number of carbonyl (C=O) groups excluding carboxylic acids is 2. The molecule has 2 amide bonds. The average Bonchev–Trinajstić information content (AvgIpc) is 3.10. The van der Waals surface area contributed by atoms with Crippen molar-refractivity contribution >= 4 is 17.4 Å². The Kier molecular flexibility index (Phi) is 6.99. The summed E-state index contributed by atoms with van der Waals surface area (Å²) in [5, 5.41) is 0.674. The monoisotopic (exact) mass is 457 g/mol. The average molecular weight is 458 g/mol. The molecule has 0 spiro atoms. The number of rotatable bonds is 8. The first-order valence-electron chi connectivity index (χ1n) is 10.9. The van der Waals surface area contributed by atoms with Gasteiger partial charge in [0.05, 0.1) is 11.1 Å². The Balaban J connectivity index is 1.34. The zero-order chi connectivity index (χ0) is 24.1. The van der Waals surface area contributed by atoms with Crippen LogP contribution in [0.1, 0.15) is 51.3 Å². The summed E-state index contributed by atoms with van der Waals surface area (Å²) in [5.41, 5.74) is 3.99. The molecule has 34 heavy (non-hydrogen) atoms. The van der Waals surface area contributed by atoms with Gasteiger partial charge in [0, 0.05) is 11.6 Å². The third kappa shape index (κ3) is 4.97. The van der Waals surface area contributed by atoms with Gasteiger partial charge in [-0.25, -0.2) is 4.39 Å². The normalized spacial score (nSPS) is 13.6. The van der Waals surface area contributed by atoms with Crippen molar-refractivity contribution in [2.24, 2.45) is 0 Å². The first-order chi connectivity index (χ1) is 16.5. The van der Waals surface area contributed by atoms with E-state index in [-0.39, 0.29) is 23.3 Å². The molecule has 0 radical (unpaired) electrons. The zero-order valence-electron chi connectivity index (χ0n) is 19.0. The number of imide groups is 1. The minimum atomic E-state index is -0.556. The first-order valence-corrected chi connectivity index (χ1v) is 10.9. The Labute approximate surface area is 197 Å². The molecule has 6 heteroatoms. The molecule has 0 aliphatic carbocycles. The summed E-state index contributed by atoms with van der Waals surface area (Å²) in [5.74, 6) is -1.29. The minimum Gasteiger partial charge on any atom is -0.489 e. The fourth-order valence-electron chi connectivity index (χ4n) is 3.52. The lowest BCUT2D eigenvalue weighted by Crippen LogP contribution is -2.29. The van der Waals surface area contributed by atoms with Gasteiger partial charge in [0.15, 0.2) is 0 Å². The highest BCUT2D eigenvalue weighted by atomic mass is 19.1. The van der Waals surface area contributed by atoms with E-state index in [9.17, 15) is 14.0 Å². The maximum atomic E-state index is 14.6. The second kappa shape index (κ2) is 10.3. The molecular formula is C28H24FNO4. The first kappa shape index (κ1) is 23.1. The number of hydrogen-bond acceptors (Lipinski definition) is 4. The van der Waals surface area contributed by atoms with Crippen LogP contribution >= 0.6 is 0 Å². The predicted octanol–water partition coefficient (Wildman–Crippen LogP) is 6.11. The van der Waals surface area contributed by atoms with E-state index in [4.69, 9.17) is 9.57 Å². The van der Waals surface area contributed by atoms with Gasteiger partial charge in [0.25, 0.3) is 11.8 Å². The topological polar surface area (TPSA) is 55.8 Å². The van der Waals surface area contributed by atoms with Gasteiger partial charge < -0.3 is 4.74 Å². The van der Waals surface area contributed by atoms with E-state index in [0.717, 1.165) is 16.7 Å². The van der Waals surface area contributed by atoms with Crippen LogP contribution < -0.4 is 4.74 Å². The molecular weight excluding hydrogens is 433 g/mol. The lowest BCUT2D eigenvalue weighted by Gasteiger charge is -2.14. The molecule has 0 saturated heterocycles. The molecule has 5 nitrogen and oxygen atoms in total. The number of fused-ring (bicyclic) bond motifs is 1. The number of ether oxygens (including phenoxy) is 1. The van der Waals surface area contributed by atoms with Crippen molar-refractivity contribution in [1.29, 1.82) is 0 Å². The molecule has 0 atom stereocenters. The van der Waals surface area contributed by atoms with Crippen molar-refractivity contribution < 1.29 is 23.6 Å². The van der Waals surface area contributed by atoms with Crippen LogP contribution in [0.25, 0.3) is 5.57 Å². The quantitative estimate of drug-likeness (QED) is 0.302. The largest absolute Gasteiger partial charge is 0.489 e. The third-order valence-electron chi connectivity index (χ3n) is 5.48. The Morgan fingerprint density at radius 1 is 0.941 bits per heavy atom. The number of carbonyl (C=O) groups is 2. The van der Waals surface area contributed by atoms with Crippen molar-refractivity contribution in [3.05, 3.63) is 119 Å². The van der Waals surface area contributed by atoms with Crippen molar-refractivity contribution in [1.82, 2.24) is 5.06 Å². The lowest BCUT2D eigenvalue weighted by molar-refractivity contribution is -0.101. The van der Waals surface area contributed by atoms with E-state index in [0.29, 0.717) is 17.4 Å². The molecule has 0 aromatic heterocycles. The summed E-state index contributed by atoms with van der Waals surface area (Å²) in [4.78, 5) is 30.1. The summed E-state index contributed by atoms with van der Waals surface area (Å²) >= 11 is 0. The van der Waals surface area contributed by atoms with Gasteiger partial charge in [-0.1, -0.05) is 54.6 Å². The van der Waals surface area contributed by atoms with E-state index >= 15 is 0 Å². The number of hydroxylamine groups is 2. The van der Waals surface area contributed by atoms with Crippen LogP contribution in [0, 0.1) is 5.82 Å². The second-order valence-electron chi connectivity index (χ2n) is 7.84. The predicted molar refractivity (Wildman–Crippen MR) is 127 cm³/mol. The van der Waals surface area contributed by atoms with Crippen molar-refractivity contribution in [2.75, 3.05) is 0 Å². The summed E-state index contributed by atoms with van der Waals surface area (Å²) < 4.78 is 20.3. The van der Waals surface area contributed by atoms with Gasteiger partial charge in [-0.15, -0.1) is 5.06 Å². The molecule has 4 rings (SSSR count). The van der Waals surface area contributed by atoms with E-state index in [1.807, 2.05) is 56.3 Å². The minimum absolute atomic E-state index is 0.205. The van der Waals surface area contributed by atoms with Gasteiger partial charge in [-0.05, 0) is 54.8 Å². The molecule has 0 unspecified atom stereocenters. The van der Waals surface area contributed by atoms with E-state index in [1.54, 1.807) is 30.3 Å². The number of allylic oxidation sites excluding steroid dienone is 4. The third-order valence-corrected chi connectivity index (χ3v) is 5.48. The van der Waals surface area contributed by atoms with Crippen LogP contribution in [0.15, 0.2) is 85.0 Å². The zero-order valence-corrected chi connectivity index (χ0v) is 19.0. The summed E-state index contributed by atoms with van der Waals surface area (Å²) in [6.45, 7) is 4.05. The number of hydrogen-bond donors (Lipinski definition) is 0. The van der Waals surface area contributed by atoms with Gasteiger partial charge in [0.2, 0.25) is 0 Å². The summed E-state index contributed by atoms with van der Waals surface area (Å²) in [6.07, 6.45) is 6.02. The van der Waals surface area contributed by atoms with Gasteiger partial charge in [-0.3, -0.25) is 14.4 Å². The Bertz CT molecular complexity index is 1240. The molecule has 1 aliphatic rings. The number of nitrogens with zero attached hydrogens (tertiary/aromatic N) is 1. The highest BCUT2D eigenvalue weighted by molar-refractivity contribution is 6.20. The molecule has 0 N–H and O–H groups in total. The molecule has 1 heterocycles. The van der Waals surface area contributed by atoms with Gasteiger partial charge in [0.1, 0.15) is 24.8 Å². The van der Waals surface area contributed by atoms with Crippen LogP contribution in [0.5, 0.6) is 5.75 Å². The van der Waals surface area contributed by atoms with Crippen molar-refractivity contribution in [3.8, 4) is 5.75 Å². The molecule has 3 aromatic rings. The molecule has 172 valence electrons. The maximum Gasteiger partial charge on any atom is 0.285 e. The smallest absolute Gasteiger partial charge is 0.285 e. The highest BCUT2D eigenvalue weighted by Gasteiger charge is 2.36. The maximum absolute atomic E-state index is 14.6. The Morgan fingerprint density at radius 2 is 1.62 bits per heavy atom. The fraction of sp³-hybridized carbons (Fsp3) is 0.143. The Morgan fingerprint density at radius 3 is 2.24 bits per heavy atom. The van der Waals surface area contributed by atoms with E-state index in [2.05, 4.69) is 0 Å². The van der Waals surface area contributed by atoms with Gasteiger partial charge in [-0.2, -0.15) is 0 Å². The van der Waals surface area contributed by atoms with Crippen LogP contribution in [0.2, 0.25) is 0 Å². The second-order valence-corrected chi connectivity index (χ2v) is 7.84. The summed E-state index contributed by atoms with van der Waals surface area (Å²) in [6, 6.07) is 18.9. The molecule has 0 fully saturated rings. The van der Waals surface area contributed by atoms with Gasteiger partial charge >= 0.3 is 0 Å². The van der Waals surface area contributed by atoms with Crippen LogP contribution in [-0.4, -0.2) is 16.9 Å². The van der Waals surface area contributed by atoms with E-state index in [1.165, 1.54) is 12.1 Å². The van der Waals surface area contributed by atoms with Crippen molar-refractivity contribution in [2.45, 2.75) is 27.1 Å².